The Hall–Kier alpha value is -0.870. The minimum Gasteiger partial charge on any atom is -0.494 e. The standard InChI is InChI=1S/C11H16O4/c1-7-8(12)4-5-13-10(7)9-6-14-11(2,3)15-9/h4-5,7,9-10H,6H2,1-3H3/t7-,9+,10+/m0/s1. The van der Waals surface area contributed by atoms with Crippen LogP contribution in [0.4, 0.5) is 0 Å². The van der Waals surface area contributed by atoms with Crippen LogP contribution in [0.3, 0.4) is 0 Å². The van der Waals surface area contributed by atoms with Gasteiger partial charge in [0.05, 0.1) is 18.8 Å². The Kier molecular flexibility index (Phi) is 2.56. The molecule has 0 bridgehead atoms. The summed E-state index contributed by atoms with van der Waals surface area (Å²) in [5.41, 5.74) is 0. The molecule has 4 nitrogen and oxygen atoms in total. The van der Waals surface area contributed by atoms with Gasteiger partial charge >= 0.3 is 0 Å². The SMILES string of the molecule is C[C@H]1C(=O)C=CO[C@H]1[C@H]1COC(C)(C)O1. The topological polar surface area (TPSA) is 44.8 Å². The zero-order chi connectivity index (χ0) is 11.1. The molecular weight excluding hydrogens is 196 g/mol. The average Bonchev–Trinajstić information content (AvgIpc) is 2.51. The lowest BCUT2D eigenvalue weighted by atomic mass is 9.94. The molecule has 2 rings (SSSR count). The Morgan fingerprint density at radius 1 is 1.47 bits per heavy atom. The summed E-state index contributed by atoms with van der Waals surface area (Å²) < 4.78 is 16.6. The monoisotopic (exact) mass is 212 g/mol. The average molecular weight is 212 g/mol. The van der Waals surface area contributed by atoms with Gasteiger partial charge in [-0.15, -0.1) is 0 Å². The fourth-order valence-corrected chi connectivity index (χ4v) is 1.92. The van der Waals surface area contributed by atoms with Crippen molar-refractivity contribution in [2.24, 2.45) is 5.92 Å². The minimum atomic E-state index is -0.571. The van der Waals surface area contributed by atoms with Crippen molar-refractivity contribution >= 4 is 5.78 Å². The van der Waals surface area contributed by atoms with Crippen LogP contribution in [0.1, 0.15) is 20.8 Å². The van der Waals surface area contributed by atoms with Crippen molar-refractivity contribution < 1.29 is 19.0 Å². The van der Waals surface area contributed by atoms with E-state index in [0.717, 1.165) is 0 Å². The van der Waals surface area contributed by atoms with Crippen LogP contribution in [-0.2, 0) is 19.0 Å². The van der Waals surface area contributed by atoms with Crippen LogP contribution in [0.5, 0.6) is 0 Å². The Morgan fingerprint density at radius 2 is 2.20 bits per heavy atom. The Balaban J connectivity index is 2.06. The van der Waals surface area contributed by atoms with Gasteiger partial charge in [-0.05, 0) is 13.8 Å². The van der Waals surface area contributed by atoms with E-state index in [-0.39, 0.29) is 23.9 Å². The summed E-state index contributed by atoms with van der Waals surface area (Å²) in [5.74, 6) is -0.658. The van der Waals surface area contributed by atoms with Crippen LogP contribution in [0.15, 0.2) is 12.3 Å². The quantitative estimate of drug-likeness (QED) is 0.656. The minimum absolute atomic E-state index is 0.0829. The van der Waals surface area contributed by atoms with Gasteiger partial charge in [-0.2, -0.15) is 0 Å². The lowest BCUT2D eigenvalue weighted by molar-refractivity contribution is -0.159. The maximum atomic E-state index is 11.5. The smallest absolute Gasteiger partial charge is 0.165 e. The number of carbonyl (C=O) groups is 1. The number of ether oxygens (including phenoxy) is 3. The lowest BCUT2D eigenvalue weighted by Crippen LogP contribution is -2.41. The summed E-state index contributed by atoms with van der Waals surface area (Å²) in [5, 5.41) is 0. The van der Waals surface area contributed by atoms with E-state index < -0.39 is 5.79 Å². The number of ketones is 1. The molecule has 0 unspecified atom stereocenters. The van der Waals surface area contributed by atoms with Crippen LogP contribution in [0.25, 0.3) is 0 Å². The first-order valence-corrected chi connectivity index (χ1v) is 5.17. The van der Waals surface area contributed by atoms with Crippen LogP contribution in [0.2, 0.25) is 0 Å². The van der Waals surface area contributed by atoms with Crippen LogP contribution >= 0.6 is 0 Å². The molecule has 0 aromatic carbocycles. The molecule has 2 aliphatic rings. The first-order chi connectivity index (χ1) is 6.99. The predicted molar refractivity (Wildman–Crippen MR) is 53.1 cm³/mol. The van der Waals surface area contributed by atoms with Crippen molar-refractivity contribution in [3.8, 4) is 0 Å². The summed E-state index contributed by atoms with van der Waals surface area (Å²) in [7, 11) is 0. The summed E-state index contributed by atoms with van der Waals surface area (Å²) in [6, 6.07) is 0. The lowest BCUT2D eigenvalue weighted by Gasteiger charge is -2.29. The van der Waals surface area contributed by atoms with Crippen molar-refractivity contribution in [2.45, 2.75) is 38.8 Å². The molecule has 0 radical (unpaired) electrons. The summed E-state index contributed by atoms with van der Waals surface area (Å²) in [6.45, 7) is 6.05. The van der Waals surface area contributed by atoms with Gasteiger partial charge in [0.1, 0.15) is 12.2 Å². The fraction of sp³-hybridized carbons (Fsp3) is 0.727. The number of allylic oxidation sites excluding steroid dienone is 1. The fourth-order valence-electron chi connectivity index (χ4n) is 1.92. The van der Waals surface area contributed by atoms with Crippen molar-refractivity contribution in [1.82, 2.24) is 0 Å². The van der Waals surface area contributed by atoms with Gasteiger partial charge < -0.3 is 14.2 Å². The van der Waals surface area contributed by atoms with Gasteiger partial charge in [-0.1, -0.05) is 6.92 Å². The van der Waals surface area contributed by atoms with Crippen LogP contribution < -0.4 is 0 Å². The third-order valence-electron chi connectivity index (χ3n) is 2.81. The number of carbonyl (C=O) groups excluding carboxylic acids is 1. The maximum Gasteiger partial charge on any atom is 0.165 e. The van der Waals surface area contributed by atoms with Gasteiger partial charge in [0.25, 0.3) is 0 Å². The highest BCUT2D eigenvalue weighted by Crippen LogP contribution is 2.30. The molecule has 84 valence electrons. The molecule has 1 saturated heterocycles. The first kappa shape index (κ1) is 10.6. The Morgan fingerprint density at radius 3 is 2.80 bits per heavy atom. The van der Waals surface area contributed by atoms with E-state index in [9.17, 15) is 4.79 Å². The molecule has 4 heteroatoms. The number of hydrogen-bond donors (Lipinski definition) is 0. The first-order valence-electron chi connectivity index (χ1n) is 5.17. The van der Waals surface area contributed by atoms with E-state index >= 15 is 0 Å². The third-order valence-corrected chi connectivity index (χ3v) is 2.81. The van der Waals surface area contributed by atoms with E-state index in [4.69, 9.17) is 14.2 Å². The van der Waals surface area contributed by atoms with E-state index in [0.29, 0.717) is 6.61 Å². The molecule has 2 heterocycles. The normalized spacial score (nSPS) is 39.1. The van der Waals surface area contributed by atoms with Crippen molar-refractivity contribution in [3.63, 3.8) is 0 Å². The van der Waals surface area contributed by atoms with Crippen LogP contribution in [-0.4, -0.2) is 30.4 Å². The van der Waals surface area contributed by atoms with Gasteiger partial charge in [0.15, 0.2) is 11.6 Å². The summed E-state index contributed by atoms with van der Waals surface area (Å²) in [6.07, 6.45) is 2.51. The van der Waals surface area contributed by atoms with Gasteiger partial charge in [0.2, 0.25) is 0 Å². The largest absolute Gasteiger partial charge is 0.494 e. The summed E-state index contributed by atoms with van der Waals surface area (Å²) in [4.78, 5) is 11.5. The zero-order valence-electron chi connectivity index (χ0n) is 9.23. The van der Waals surface area contributed by atoms with Crippen molar-refractivity contribution in [3.05, 3.63) is 12.3 Å². The molecule has 0 N–H and O–H groups in total. The molecule has 0 aromatic heterocycles. The van der Waals surface area contributed by atoms with Gasteiger partial charge in [-0.3, -0.25) is 4.79 Å². The van der Waals surface area contributed by atoms with Crippen molar-refractivity contribution in [2.75, 3.05) is 6.61 Å². The Labute approximate surface area is 89.2 Å². The Bertz CT molecular complexity index is 295. The third kappa shape index (κ3) is 2.06. The molecule has 2 aliphatic heterocycles. The highest BCUT2D eigenvalue weighted by atomic mass is 16.7. The van der Waals surface area contributed by atoms with E-state index in [1.807, 2.05) is 20.8 Å². The van der Waals surface area contributed by atoms with E-state index in [1.54, 1.807) is 0 Å². The zero-order valence-corrected chi connectivity index (χ0v) is 9.23. The van der Waals surface area contributed by atoms with Crippen molar-refractivity contribution in [1.29, 1.82) is 0 Å². The van der Waals surface area contributed by atoms with E-state index in [1.165, 1.54) is 12.3 Å². The molecule has 15 heavy (non-hydrogen) atoms. The second kappa shape index (κ2) is 3.61. The van der Waals surface area contributed by atoms with Gasteiger partial charge in [-0.25, -0.2) is 0 Å². The highest BCUT2D eigenvalue weighted by molar-refractivity contribution is 5.92. The molecule has 3 atom stereocenters. The molecule has 0 aliphatic carbocycles. The maximum absolute atomic E-state index is 11.5. The molecule has 0 saturated carbocycles. The number of rotatable bonds is 1. The molecule has 0 amide bonds. The predicted octanol–water partition coefficient (Wildman–Crippen LogP) is 1.26. The number of hydrogen-bond acceptors (Lipinski definition) is 4. The molecule has 1 fully saturated rings. The molecular formula is C11H16O4. The molecule has 0 aromatic rings. The van der Waals surface area contributed by atoms with Gasteiger partial charge in [0, 0.05) is 6.08 Å². The summed E-state index contributed by atoms with van der Waals surface area (Å²) >= 11 is 0. The highest BCUT2D eigenvalue weighted by Gasteiger charge is 2.42. The van der Waals surface area contributed by atoms with Crippen LogP contribution in [0, 0.1) is 5.92 Å². The second-order valence-corrected chi connectivity index (χ2v) is 4.46. The second-order valence-electron chi connectivity index (χ2n) is 4.46. The molecule has 0 spiro atoms. The van der Waals surface area contributed by atoms with E-state index in [2.05, 4.69) is 0 Å².